The van der Waals surface area contributed by atoms with E-state index < -0.39 is 0 Å². The van der Waals surface area contributed by atoms with Gasteiger partial charge in [-0.15, -0.1) is 11.3 Å². The first kappa shape index (κ1) is 41.4. The first-order valence-electron chi connectivity index (χ1n) is 24.7. The molecule has 0 unspecified atom stereocenters. The number of furan rings is 2. The summed E-state index contributed by atoms with van der Waals surface area (Å²) in [4.78, 5) is 4.71. The first-order chi connectivity index (χ1) is 36.2. The average molecular weight is 951 g/mol. The van der Waals surface area contributed by atoms with Crippen molar-refractivity contribution < 1.29 is 8.83 Å². The molecule has 3 aromatic heterocycles. The van der Waals surface area contributed by atoms with E-state index >= 15 is 0 Å². The van der Waals surface area contributed by atoms with Gasteiger partial charge in [-0.3, -0.25) is 0 Å². The van der Waals surface area contributed by atoms with Gasteiger partial charge in [0.2, 0.25) is 0 Å². The Kier molecular flexibility index (Phi) is 9.41. The van der Waals surface area contributed by atoms with E-state index in [1.165, 1.54) is 47.3 Å². The molecule has 0 radical (unpaired) electrons. The monoisotopic (exact) mass is 950 g/mol. The summed E-state index contributed by atoms with van der Waals surface area (Å²) in [6.45, 7) is 0. The zero-order valence-corrected chi connectivity index (χ0v) is 40.2. The number of para-hydroxylation sites is 5. The summed E-state index contributed by atoms with van der Waals surface area (Å²) < 4.78 is 15.5. The average Bonchev–Trinajstić information content (AvgIpc) is 4.17. The van der Waals surface area contributed by atoms with Crippen LogP contribution in [0.4, 0.5) is 34.1 Å². The standard InChI is InChI=1S/C68H42N2O2S/c1-3-16-44(17-4-1)50-20-9-12-26-60(50)70(61-27-15-25-55-52-22-10-14-29-63(52)72-67(55)61)47-33-30-43(31-34-47)45-32-37-56-58(40-45)51-21-7-8-24-54(51)66-57-38-35-49(42-65(57)73-68(56)66)69(46-18-5-2-6-19-46)48-36-39-64-59(41-48)53-23-11-13-28-62(53)71-64/h1-42H. The first-order valence-corrected chi connectivity index (χ1v) is 25.5. The van der Waals surface area contributed by atoms with Crippen molar-refractivity contribution in [1.82, 2.24) is 0 Å². The number of hydrogen-bond acceptors (Lipinski definition) is 5. The molecule has 0 saturated carbocycles. The molecular weight excluding hydrogens is 909 g/mol. The largest absolute Gasteiger partial charge is 0.456 e. The van der Waals surface area contributed by atoms with Crippen LogP contribution in [-0.4, -0.2) is 0 Å². The maximum atomic E-state index is 6.70. The number of rotatable bonds is 8. The second kappa shape index (κ2) is 16.6. The van der Waals surface area contributed by atoms with Gasteiger partial charge in [-0.2, -0.15) is 0 Å². The number of fused-ring (bicyclic) bond motifs is 14. The van der Waals surface area contributed by atoms with Crippen LogP contribution in [0.15, 0.2) is 264 Å². The lowest BCUT2D eigenvalue weighted by Crippen LogP contribution is -2.11. The summed E-state index contributed by atoms with van der Waals surface area (Å²) in [5.74, 6) is 0. The van der Waals surface area contributed by atoms with Gasteiger partial charge >= 0.3 is 0 Å². The Hall–Kier alpha value is -9.42. The van der Waals surface area contributed by atoms with Gasteiger partial charge in [0.25, 0.3) is 0 Å². The lowest BCUT2D eigenvalue weighted by atomic mass is 9.94. The summed E-state index contributed by atoms with van der Waals surface area (Å²) in [7, 11) is 0. The third kappa shape index (κ3) is 6.67. The third-order valence-corrected chi connectivity index (χ3v) is 15.8. The molecule has 0 saturated heterocycles. The maximum absolute atomic E-state index is 6.70. The van der Waals surface area contributed by atoms with Crippen LogP contribution < -0.4 is 9.80 Å². The van der Waals surface area contributed by atoms with Crippen LogP contribution >= 0.6 is 11.3 Å². The summed E-state index contributed by atoms with van der Waals surface area (Å²) >= 11 is 1.88. The van der Waals surface area contributed by atoms with Gasteiger partial charge in [0, 0.05) is 75.4 Å². The second-order valence-corrected chi connectivity index (χ2v) is 19.8. The minimum atomic E-state index is 0.857. The van der Waals surface area contributed by atoms with E-state index in [0.717, 1.165) is 94.7 Å². The van der Waals surface area contributed by atoms with E-state index in [-0.39, 0.29) is 0 Å². The Morgan fingerprint density at radius 3 is 1.68 bits per heavy atom. The molecule has 15 rings (SSSR count). The quantitative estimate of drug-likeness (QED) is 0.142. The number of nitrogens with zero attached hydrogens (tertiary/aromatic N) is 2. The van der Waals surface area contributed by atoms with Crippen molar-refractivity contribution in [1.29, 1.82) is 0 Å². The molecule has 0 fully saturated rings. The van der Waals surface area contributed by atoms with Crippen molar-refractivity contribution in [3.8, 4) is 22.3 Å². The minimum absolute atomic E-state index is 0.857. The number of anilines is 6. The molecule has 12 aromatic carbocycles. The molecule has 342 valence electrons. The Labute approximate surface area is 424 Å². The van der Waals surface area contributed by atoms with Crippen molar-refractivity contribution in [2.45, 2.75) is 0 Å². The van der Waals surface area contributed by atoms with E-state index in [4.69, 9.17) is 8.83 Å². The molecule has 4 nitrogen and oxygen atoms in total. The van der Waals surface area contributed by atoms with E-state index in [1.54, 1.807) is 0 Å². The molecule has 0 spiro atoms. The molecule has 0 aliphatic heterocycles. The highest BCUT2D eigenvalue weighted by atomic mass is 32.1. The van der Waals surface area contributed by atoms with Gasteiger partial charge < -0.3 is 18.6 Å². The zero-order chi connectivity index (χ0) is 48.0. The van der Waals surface area contributed by atoms with Crippen molar-refractivity contribution in [2.24, 2.45) is 0 Å². The SMILES string of the molecule is c1ccc(-c2ccccc2N(c2ccc(-c3ccc4c(c3)c3ccccc3c3c5ccc(N(c6ccccc6)c6ccc7oc8ccccc8c7c6)cc5sc43)cc2)c2cccc3c2oc2ccccc23)cc1. The van der Waals surface area contributed by atoms with Crippen molar-refractivity contribution in [3.05, 3.63) is 255 Å². The predicted molar refractivity (Wildman–Crippen MR) is 309 cm³/mol. The molecular formula is C68H42N2O2S. The summed E-state index contributed by atoms with van der Waals surface area (Å²) in [5, 5.41) is 12.0. The minimum Gasteiger partial charge on any atom is -0.456 e. The van der Waals surface area contributed by atoms with Gasteiger partial charge in [-0.1, -0.05) is 170 Å². The van der Waals surface area contributed by atoms with E-state index in [9.17, 15) is 0 Å². The number of benzene rings is 12. The molecule has 0 N–H and O–H groups in total. The normalized spacial score (nSPS) is 11.8. The van der Waals surface area contributed by atoms with Gasteiger partial charge in [-0.05, 0) is 118 Å². The number of hydrogen-bond donors (Lipinski definition) is 0. The summed E-state index contributed by atoms with van der Waals surface area (Å²) in [6.07, 6.45) is 0. The molecule has 73 heavy (non-hydrogen) atoms. The summed E-state index contributed by atoms with van der Waals surface area (Å²) in [6, 6.07) is 91.5. The third-order valence-electron chi connectivity index (χ3n) is 14.6. The highest BCUT2D eigenvalue weighted by Crippen LogP contribution is 2.49. The number of thiophene rings is 1. The molecule has 0 amide bonds. The zero-order valence-electron chi connectivity index (χ0n) is 39.4. The van der Waals surface area contributed by atoms with Gasteiger partial charge in [0.15, 0.2) is 5.58 Å². The van der Waals surface area contributed by atoms with Crippen LogP contribution in [-0.2, 0) is 0 Å². The predicted octanol–water partition coefficient (Wildman–Crippen LogP) is 20.4. The smallest absolute Gasteiger partial charge is 0.159 e. The van der Waals surface area contributed by atoms with Crippen molar-refractivity contribution in [2.75, 3.05) is 9.80 Å². The van der Waals surface area contributed by atoms with E-state index in [1.807, 2.05) is 29.5 Å². The fraction of sp³-hybridized carbons (Fsp3) is 0. The maximum Gasteiger partial charge on any atom is 0.159 e. The van der Waals surface area contributed by atoms with Crippen molar-refractivity contribution in [3.63, 3.8) is 0 Å². The molecule has 15 aromatic rings. The Balaban J connectivity index is 0.854. The summed E-state index contributed by atoms with van der Waals surface area (Å²) in [5.41, 5.74) is 14.5. The molecule has 0 aliphatic carbocycles. The van der Waals surface area contributed by atoms with Gasteiger partial charge in [0.05, 0.1) is 11.4 Å². The fourth-order valence-corrected chi connectivity index (χ4v) is 12.6. The van der Waals surface area contributed by atoms with Gasteiger partial charge in [-0.25, -0.2) is 0 Å². The Bertz CT molecular complexity index is 4630. The fourth-order valence-electron chi connectivity index (χ4n) is 11.3. The van der Waals surface area contributed by atoms with Crippen LogP contribution in [0, 0.1) is 0 Å². The van der Waals surface area contributed by atoms with Crippen LogP contribution in [0.25, 0.3) is 108 Å². The molecule has 5 heteroatoms. The highest BCUT2D eigenvalue weighted by Gasteiger charge is 2.23. The second-order valence-electron chi connectivity index (χ2n) is 18.8. The van der Waals surface area contributed by atoms with Crippen LogP contribution in [0.5, 0.6) is 0 Å². The van der Waals surface area contributed by atoms with E-state index in [0.29, 0.717) is 0 Å². The Morgan fingerprint density at radius 2 is 0.863 bits per heavy atom. The topological polar surface area (TPSA) is 32.8 Å². The van der Waals surface area contributed by atoms with E-state index in [2.05, 4.69) is 246 Å². The molecule has 3 heterocycles. The molecule has 0 atom stereocenters. The van der Waals surface area contributed by atoms with Gasteiger partial charge in [0.1, 0.15) is 16.7 Å². The molecule has 0 bridgehead atoms. The van der Waals surface area contributed by atoms with Crippen LogP contribution in [0.3, 0.4) is 0 Å². The van der Waals surface area contributed by atoms with Crippen LogP contribution in [0.2, 0.25) is 0 Å². The molecule has 0 aliphatic rings. The lowest BCUT2D eigenvalue weighted by Gasteiger charge is -2.28. The van der Waals surface area contributed by atoms with Crippen LogP contribution in [0.1, 0.15) is 0 Å². The lowest BCUT2D eigenvalue weighted by molar-refractivity contribution is 0.668. The Morgan fingerprint density at radius 1 is 0.288 bits per heavy atom. The highest BCUT2D eigenvalue weighted by molar-refractivity contribution is 7.27. The van der Waals surface area contributed by atoms with Crippen molar-refractivity contribution >= 4 is 131 Å².